The molecule has 0 N–H and O–H groups in total. The zero-order chi connectivity index (χ0) is 15.2. The Balaban J connectivity index is 1.97. The van der Waals surface area contributed by atoms with E-state index < -0.39 is 0 Å². The van der Waals surface area contributed by atoms with Crippen LogP contribution in [0.2, 0.25) is 5.02 Å². The van der Waals surface area contributed by atoms with Crippen LogP contribution in [0.25, 0.3) is 0 Å². The molecule has 1 saturated carbocycles. The molecule has 1 aliphatic rings. The summed E-state index contributed by atoms with van der Waals surface area (Å²) in [7, 11) is 0. The Morgan fingerprint density at radius 1 is 1.38 bits per heavy atom. The summed E-state index contributed by atoms with van der Waals surface area (Å²) in [6.07, 6.45) is 3.60. The van der Waals surface area contributed by atoms with Crippen molar-refractivity contribution < 1.29 is 9.53 Å². The molecular weight excluding hydrogens is 286 g/mol. The number of hydrogen-bond acceptors (Lipinski definition) is 2. The van der Waals surface area contributed by atoms with E-state index >= 15 is 0 Å². The molecule has 0 heterocycles. The van der Waals surface area contributed by atoms with Crippen molar-refractivity contribution in [2.75, 3.05) is 13.2 Å². The summed E-state index contributed by atoms with van der Waals surface area (Å²) in [4.78, 5) is 14.6. The second-order valence-corrected chi connectivity index (χ2v) is 6.00. The molecule has 4 heteroatoms. The molecular formula is C17H24ClNO2. The number of carbonyl (C=O) groups excluding carboxylic acids is 1. The molecule has 3 nitrogen and oxygen atoms in total. The number of nitrogens with zero attached hydrogens (tertiary/aromatic N) is 1. The van der Waals surface area contributed by atoms with Crippen LogP contribution in [-0.4, -0.2) is 30.1 Å². The van der Waals surface area contributed by atoms with Crippen molar-refractivity contribution in [2.24, 2.45) is 0 Å². The molecule has 0 spiro atoms. The zero-order valence-electron chi connectivity index (χ0n) is 12.8. The average molecular weight is 310 g/mol. The van der Waals surface area contributed by atoms with Crippen LogP contribution in [0.5, 0.6) is 0 Å². The minimum absolute atomic E-state index is 0.106. The smallest absolute Gasteiger partial charge is 0.223 e. The molecule has 1 aromatic carbocycles. The molecule has 1 aromatic rings. The lowest BCUT2D eigenvalue weighted by Crippen LogP contribution is -2.35. The van der Waals surface area contributed by atoms with Gasteiger partial charge in [-0.05, 0) is 50.8 Å². The van der Waals surface area contributed by atoms with Crippen LogP contribution >= 0.6 is 11.6 Å². The van der Waals surface area contributed by atoms with E-state index in [9.17, 15) is 4.79 Å². The van der Waals surface area contributed by atoms with Gasteiger partial charge in [0.2, 0.25) is 5.91 Å². The van der Waals surface area contributed by atoms with Gasteiger partial charge in [0.1, 0.15) is 0 Å². The first-order chi connectivity index (χ1) is 10.1. The number of benzene rings is 1. The van der Waals surface area contributed by atoms with Crippen molar-refractivity contribution in [1.82, 2.24) is 4.90 Å². The van der Waals surface area contributed by atoms with Crippen LogP contribution in [0.15, 0.2) is 24.3 Å². The van der Waals surface area contributed by atoms with E-state index in [1.165, 1.54) is 0 Å². The Kier molecular flexibility index (Phi) is 6.07. The van der Waals surface area contributed by atoms with E-state index in [-0.39, 0.29) is 11.9 Å². The van der Waals surface area contributed by atoms with E-state index in [2.05, 4.69) is 11.8 Å². The van der Waals surface area contributed by atoms with Gasteiger partial charge in [0.25, 0.3) is 0 Å². The molecule has 0 bridgehead atoms. The van der Waals surface area contributed by atoms with E-state index in [0.29, 0.717) is 25.7 Å². The van der Waals surface area contributed by atoms with Gasteiger partial charge < -0.3 is 9.64 Å². The summed E-state index contributed by atoms with van der Waals surface area (Å²) < 4.78 is 5.31. The van der Waals surface area contributed by atoms with Gasteiger partial charge in [-0.2, -0.15) is 0 Å². The molecule has 2 rings (SSSR count). The standard InChI is InChI=1S/C17H24ClNO2/c1-3-21-12-4-5-17(20)19(16-10-11-16)13(2)14-6-8-15(18)9-7-14/h6-9,13,16H,3-5,10-12H2,1-2H3. The summed E-state index contributed by atoms with van der Waals surface area (Å²) in [5.74, 6) is 0.236. The highest BCUT2D eigenvalue weighted by Crippen LogP contribution is 2.35. The number of halogens is 1. The fraction of sp³-hybridized carbons (Fsp3) is 0.588. The fourth-order valence-electron chi connectivity index (χ4n) is 2.59. The van der Waals surface area contributed by atoms with Gasteiger partial charge in [0.15, 0.2) is 0 Å². The number of amides is 1. The summed E-state index contributed by atoms with van der Waals surface area (Å²) in [5, 5.41) is 0.729. The molecule has 116 valence electrons. The lowest BCUT2D eigenvalue weighted by Gasteiger charge is -2.30. The third-order valence-electron chi connectivity index (χ3n) is 3.88. The summed E-state index contributed by atoms with van der Waals surface area (Å²) in [6, 6.07) is 8.31. The predicted molar refractivity (Wildman–Crippen MR) is 85.5 cm³/mol. The van der Waals surface area contributed by atoms with Crippen molar-refractivity contribution >= 4 is 17.5 Å². The highest BCUT2D eigenvalue weighted by Gasteiger charge is 2.35. The Bertz CT molecular complexity index is 456. The Morgan fingerprint density at radius 3 is 2.62 bits per heavy atom. The Hall–Kier alpha value is -1.06. The largest absolute Gasteiger partial charge is 0.382 e. The van der Waals surface area contributed by atoms with Crippen LogP contribution in [-0.2, 0) is 9.53 Å². The van der Waals surface area contributed by atoms with Crippen molar-refractivity contribution in [1.29, 1.82) is 0 Å². The minimum atomic E-state index is 0.106. The van der Waals surface area contributed by atoms with E-state index in [1.807, 2.05) is 31.2 Å². The van der Waals surface area contributed by atoms with Crippen LogP contribution in [0, 0.1) is 0 Å². The van der Waals surface area contributed by atoms with E-state index in [1.54, 1.807) is 0 Å². The first-order valence-electron chi connectivity index (χ1n) is 7.78. The van der Waals surface area contributed by atoms with Crippen molar-refractivity contribution in [3.05, 3.63) is 34.9 Å². The molecule has 21 heavy (non-hydrogen) atoms. The van der Waals surface area contributed by atoms with Crippen molar-refractivity contribution in [3.63, 3.8) is 0 Å². The van der Waals surface area contributed by atoms with Gasteiger partial charge in [-0.1, -0.05) is 23.7 Å². The summed E-state index contributed by atoms with van der Waals surface area (Å²) in [5.41, 5.74) is 1.14. The topological polar surface area (TPSA) is 29.5 Å². The number of rotatable bonds is 8. The summed E-state index contributed by atoms with van der Waals surface area (Å²) >= 11 is 5.94. The number of carbonyl (C=O) groups is 1. The predicted octanol–water partition coefficient (Wildman–Crippen LogP) is 4.21. The second kappa shape index (κ2) is 7.81. The number of ether oxygens (including phenoxy) is 1. The molecule has 0 radical (unpaired) electrons. The number of hydrogen-bond donors (Lipinski definition) is 0. The van der Waals surface area contributed by atoms with Gasteiger partial charge in [0.05, 0.1) is 6.04 Å². The van der Waals surface area contributed by atoms with Gasteiger partial charge in [-0.15, -0.1) is 0 Å². The van der Waals surface area contributed by atoms with Crippen molar-refractivity contribution in [2.45, 2.75) is 51.6 Å². The molecule has 1 amide bonds. The molecule has 0 aliphatic heterocycles. The maximum absolute atomic E-state index is 12.5. The zero-order valence-corrected chi connectivity index (χ0v) is 13.6. The van der Waals surface area contributed by atoms with Gasteiger partial charge >= 0.3 is 0 Å². The lowest BCUT2D eigenvalue weighted by atomic mass is 10.1. The molecule has 1 atom stereocenters. The van der Waals surface area contributed by atoms with Crippen LogP contribution in [0.4, 0.5) is 0 Å². The maximum atomic E-state index is 12.5. The Morgan fingerprint density at radius 2 is 2.05 bits per heavy atom. The average Bonchev–Trinajstić information content (AvgIpc) is 3.29. The quantitative estimate of drug-likeness (QED) is 0.673. The fourth-order valence-corrected chi connectivity index (χ4v) is 2.72. The minimum Gasteiger partial charge on any atom is -0.382 e. The molecule has 1 unspecified atom stereocenters. The molecule has 0 saturated heterocycles. The van der Waals surface area contributed by atoms with Gasteiger partial charge in [0, 0.05) is 30.7 Å². The molecule has 0 aromatic heterocycles. The maximum Gasteiger partial charge on any atom is 0.223 e. The van der Waals surface area contributed by atoms with E-state index in [4.69, 9.17) is 16.3 Å². The van der Waals surface area contributed by atoms with Crippen LogP contribution in [0.1, 0.15) is 51.1 Å². The molecule has 1 fully saturated rings. The molecule has 1 aliphatic carbocycles. The Labute approximate surface area is 132 Å². The second-order valence-electron chi connectivity index (χ2n) is 5.56. The third-order valence-corrected chi connectivity index (χ3v) is 4.13. The highest BCUT2D eigenvalue weighted by molar-refractivity contribution is 6.30. The normalized spacial score (nSPS) is 15.8. The monoisotopic (exact) mass is 309 g/mol. The summed E-state index contributed by atoms with van der Waals surface area (Å²) in [6.45, 7) is 5.45. The SMILES string of the molecule is CCOCCCC(=O)N(C1CC1)C(C)c1ccc(Cl)cc1. The van der Waals surface area contributed by atoms with Crippen LogP contribution in [0.3, 0.4) is 0 Å². The highest BCUT2D eigenvalue weighted by atomic mass is 35.5. The van der Waals surface area contributed by atoms with Gasteiger partial charge in [-0.3, -0.25) is 4.79 Å². The van der Waals surface area contributed by atoms with Crippen LogP contribution < -0.4 is 0 Å². The first kappa shape index (κ1) is 16.3. The third kappa shape index (κ3) is 4.72. The van der Waals surface area contributed by atoms with E-state index in [0.717, 1.165) is 29.8 Å². The van der Waals surface area contributed by atoms with Gasteiger partial charge in [-0.25, -0.2) is 0 Å². The lowest BCUT2D eigenvalue weighted by molar-refractivity contribution is -0.134. The first-order valence-corrected chi connectivity index (χ1v) is 8.15. The van der Waals surface area contributed by atoms with Crippen molar-refractivity contribution in [3.8, 4) is 0 Å².